The number of hydrogen-bond acceptors (Lipinski definition) is 3. The minimum atomic E-state index is -3.73. The van der Waals surface area contributed by atoms with Gasteiger partial charge >= 0.3 is 0 Å². The van der Waals surface area contributed by atoms with Gasteiger partial charge in [0.2, 0.25) is 10.0 Å². The summed E-state index contributed by atoms with van der Waals surface area (Å²) in [4.78, 5) is 0.310. The molecular weight excluding hydrogens is 358 g/mol. The minimum absolute atomic E-state index is 0.0811. The lowest BCUT2D eigenvalue weighted by atomic mass is 10.0. The van der Waals surface area contributed by atoms with Crippen LogP contribution in [0, 0.1) is 27.7 Å². The van der Waals surface area contributed by atoms with Gasteiger partial charge in [0.05, 0.1) is 11.0 Å². The smallest absolute Gasteiger partial charge is 0.241 e. The first kappa shape index (κ1) is 19.5. The van der Waals surface area contributed by atoms with Crippen molar-refractivity contribution in [1.29, 1.82) is 0 Å². The van der Waals surface area contributed by atoms with Crippen LogP contribution in [0.15, 0.2) is 53.4 Å². The molecule has 2 N–H and O–H groups in total. The topological polar surface area (TPSA) is 66.4 Å². The second-order valence-electron chi connectivity index (χ2n) is 7.03. The monoisotopic (exact) mass is 383 g/mol. The van der Waals surface area contributed by atoms with Crippen LogP contribution in [0.25, 0.3) is 10.8 Å². The van der Waals surface area contributed by atoms with E-state index in [9.17, 15) is 13.5 Å². The van der Waals surface area contributed by atoms with Crippen molar-refractivity contribution >= 4 is 20.8 Å². The maximum Gasteiger partial charge on any atom is 0.241 e. The van der Waals surface area contributed by atoms with Gasteiger partial charge in [-0.25, -0.2) is 13.1 Å². The molecular formula is C22H25NO3S. The molecule has 3 aromatic rings. The summed E-state index contributed by atoms with van der Waals surface area (Å²) in [6, 6.07) is 15.4. The predicted molar refractivity (Wildman–Crippen MR) is 109 cm³/mol. The van der Waals surface area contributed by atoms with E-state index in [1.54, 1.807) is 0 Å². The van der Waals surface area contributed by atoms with Crippen LogP contribution < -0.4 is 4.72 Å². The highest BCUT2D eigenvalue weighted by atomic mass is 32.2. The van der Waals surface area contributed by atoms with E-state index in [0.717, 1.165) is 33.0 Å². The van der Waals surface area contributed by atoms with E-state index >= 15 is 0 Å². The van der Waals surface area contributed by atoms with Crippen molar-refractivity contribution in [3.8, 4) is 0 Å². The molecule has 0 heterocycles. The zero-order valence-electron chi connectivity index (χ0n) is 16.1. The van der Waals surface area contributed by atoms with Crippen LogP contribution in [0.1, 0.15) is 33.9 Å². The van der Waals surface area contributed by atoms with Gasteiger partial charge in [-0.2, -0.15) is 0 Å². The quantitative estimate of drug-likeness (QED) is 0.697. The first-order valence-corrected chi connectivity index (χ1v) is 10.4. The summed E-state index contributed by atoms with van der Waals surface area (Å²) in [6.45, 7) is 7.37. The summed E-state index contributed by atoms with van der Waals surface area (Å²) >= 11 is 0. The number of hydrogen-bond donors (Lipinski definition) is 2. The zero-order chi connectivity index (χ0) is 19.8. The third kappa shape index (κ3) is 3.76. The highest BCUT2D eigenvalue weighted by Gasteiger charge is 2.23. The molecule has 1 atom stereocenters. The molecule has 0 spiro atoms. The van der Waals surface area contributed by atoms with Gasteiger partial charge in [-0.3, -0.25) is 0 Å². The molecule has 27 heavy (non-hydrogen) atoms. The van der Waals surface area contributed by atoms with Crippen molar-refractivity contribution in [3.05, 3.63) is 76.3 Å². The average Bonchev–Trinajstić information content (AvgIpc) is 2.64. The van der Waals surface area contributed by atoms with Gasteiger partial charge in [-0.15, -0.1) is 0 Å². The first-order chi connectivity index (χ1) is 12.7. The number of sulfonamides is 1. The predicted octanol–water partition coefficient (Wildman–Crippen LogP) is 4.09. The number of nitrogens with one attached hydrogen (secondary N) is 1. The largest absolute Gasteiger partial charge is 0.387 e. The molecule has 0 saturated heterocycles. The van der Waals surface area contributed by atoms with Crippen LogP contribution in [-0.2, 0) is 10.0 Å². The van der Waals surface area contributed by atoms with Crippen LogP contribution >= 0.6 is 0 Å². The lowest BCUT2D eigenvalue weighted by Gasteiger charge is -2.18. The molecule has 3 rings (SSSR count). The van der Waals surface area contributed by atoms with E-state index < -0.39 is 16.1 Å². The Morgan fingerprint density at radius 3 is 2.19 bits per heavy atom. The molecule has 0 radical (unpaired) electrons. The van der Waals surface area contributed by atoms with Crippen LogP contribution in [-0.4, -0.2) is 20.1 Å². The summed E-state index contributed by atoms with van der Waals surface area (Å²) in [5, 5.41) is 12.6. The highest BCUT2D eigenvalue weighted by Crippen LogP contribution is 2.27. The maximum absolute atomic E-state index is 13.0. The number of benzene rings is 3. The van der Waals surface area contributed by atoms with E-state index in [0.29, 0.717) is 10.5 Å². The third-order valence-electron chi connectivity index (χ3n) is 5.22. The Balaban J connectivity index is 1.90. The molecule has 4 nitrogen and oxygen atoms in total. The number of aliphatic hydroxyl groups excluding tert-OH is 1. The number of rotatable bonds is 5. The van der Waals surface area contributed by atoms with Crippen molar-refractivity contribution in [2.24, 2.45) is 0 Å². The summed E-state index contributed by atoms with van der Waals surface area (Å²) in [7, 11) is -3.73. The van der Waals surface area contributed by atoms with E-state index in [1.807, 2.05) is 76.2 Å². The van der Waals surface area contributed by atoms with Crippen molar-refractivity contribution in [1.82, 2.24) is 4.72 Å². The summed E-state index contributed by atoms with van der Waals surface area (Å²) in [6.07, 6.45) is -0.933. The van der Waals surface area contributed by atoms with Gasteiger partial charge in [-0.05, 0) is 66.3 Å². The summed E-state index contributed by atoms with van der Waals surface area (Å²) in [5.41, 5.74) is 4.07. The first-order valence-electron chi connectivity index (χ1n) is 8.95. The second kappa shape index (κ2) is 7.43. The lowest BCUT2D eigenvalue weighted by Crippen LogP contribution is -2.30. The van der Waals surface area contributed by atoms with Gasteiger partial charge < -0.3 is 5.11 Å². The summed E-state index contributed by atoms with van der Waals surface area (Å²) in [5.74, 6) is 0. The number of aliphatic hydroxyl groups is 1. The molecule has 0 fully saturated rings. The van der Waals surface area contributed by atoms with Crippen LogP contribution in [0.3, 0.4) is 0 Å². The van der Waals surface area contributed by atoms with Crippen LogP contribution in [0.2, 0.25) is 0 Å². The average molecular weight is 384 g/mol. The molecule has 0 bridgehead atoms. The van der Waals surface area contributed by atoms with E-state index in [2.05, 4.69) is 4.72 Å². The molecule has 0 aliphatic heterocycles. The van der Waals surface area contributed by atoms with Gasteiger partial charge in [0.15, 0.2) is 0 Å². The molecule has 0 aromatic heterocycles. The molecule has 0 amide bonds. The lowest BCUT2D eigenvalue weighted by molar-refractivity contribution is 0.183. The second-order valence-corrected chi connectivity index (χ2v) is 8.73. The molecule has 142 valence electrons. The Bertz CT molecular complexity index is 1070. The summed E-state index contributed by atoms with van der Waals surface area (Å²) < 4.78 is 28.5. The normalized spacial score (nSPS) is 13.1. The maximum atomic E-state index is 13.0. The molecule has 0 aliphatic carbocycles. The molecule has 0 saturated carbocycles. The van der Waals surface area contributed by atoms with Crippen molar-refractivity contribution in [2.75, 3.05) is 6.54 Å². The van der Waals surface area contributed by atoms with E-state index in [4.69, 9.17) is 0 Å². The Kier molecular flexibility index (Phi) is 5.38. The molecule has 0 unspecified atom stereocenters. The van der Waals surface area contributed by atoms with Gasteiger partial charge in [0.1, 0.15) is 0 Å². The minimum Gasteiger partial charge on any atom is -0.387 e. The fourth-order valence-electron chi connectivity index (χ4n) is 3.50. The van der Waals surface area contributed by atoms with Crippen molar-refractivity contribution in [2.45, 2.75) is 38.7 Å². The van der Waals surface area contributed by atoms with Gasteiger partial charge in [0.25, 0.3) is 0 Å². The number of aryl methyl sites for hydroxylation is 2. The highest BCUT2D eigenvalue weighted by molar-refractivity contribution is 7.89. The molecule has 3 aromatic carbocycles. The standard InChI is InChI=1S/C22H25NO3S/c1-14-12-15(2)17(4)22(16(14)3)27(25,26)23-13-21(24)20-11-7-9-18-8-5-6-10-19(18)20/h5-12,21,23-24H,13H2,1-4H3/t21-/m0/s1. The Labute approximate surface area is 160 Å². The van der Waals surface area contributed by atoms with Gasteiger partial charge in [-0.1, -0.05) is 48.5 Å². The Morgan fingerprint density at radius 1 is 0.926 bits per heavy atom. The fourth-order valence-corrected chi connectivity index (χ4v) is 5.15. The van der Waals surface area contributed by atoms with Crippen LogP contribution in [0.5, 0.6) is 0 Å². The van der Waals surface area contributed by atoms with Crippen LogP contribution in [0.4, 0.5) is 0 Å². The SMILES string of the molecule is Cc1cc(C)c(C)c(S(=O)(=O)NC[C@H](O)c2cccc3ccccc23)c1C. The third-order valence-corrected chi connectivity index (χ3v) is 6.91. The van der Waals surface area contributed by atoms with E-state index in [1.165, 1.54) is 0 Å². The fraction of sp³-hybridized carbons (Fsp3) is 0.273. The van der Waals surface area contributed by atoms with E-state index in [-0.39, 0.29) is 6.54 Å². The Morgan fingerprint density at radius 2 is 1.52 bits per heavy atom. The van der Waals surface area contributed by atoms with Gasteiger partial charge in [0, 0.05) is 6.54 Å². The van der Waals surface area contributed by atoms with Crippen molar-refractivity contribution < 1.29 is 13.5 Å². The molecule has 0 aliphatic rings. The Hall–Kier alpha value is -2.21. The van der Waals surface area contributed by atoms with Crippen molar-refractivity contribution in [3.63, 3.8) is 0 Å². The molecule has 5 heteroatoms. The zero-order valence-corrected chi connectivity index (χ0v) is 16.9. The number of fused-ring (bicyclic) bond motifs is 1.